The first kappa shape index (κ1) is 12.1. The smallest absolute Gasteiger partial charge is 0.233 e. The molecule has 0 aromatic heterocycles. The number of carbonyl (C=O) groups excluding carboxylic acids is 2. The van der Waals surface area contributed by atoms with Crippen molar-refractivity contribution >= 4 is 39.1 Å². The topological polar surface area (TPSA) is 63.4 Å². The maximum Gasteiger partial charge on any atom is 0.233 e. The number of nitrogens with two attached hydrogens (primary N) is 1. The molecule has 0 radical (unpaired) electrons. The highest BCUT2D eigenvalue weighted by Gasteiger charge is 2.26. The Morgan fingerprint density at radius 1 is 1.12 bits per heavy atom. The highest BCUT2D eigenvalue weighted by molar-refractivity contribution is 9.10. The zero-order valence-corrected chi connectivity index (χ0v) is 10.9. The Morgan fingerprint density at radius 2 is 1.71 bits per heavy atom. The van der Waals surface area contributed by atoms with Gasteiger partial charge in [0.05, 0.1) is 5.69 Å². The van der Waals surface area contributed by atoms with Gasteiger partial charge in [0.2, 0.25) is 11.8 Å². The summed E-state index contributed by atoms with van der Waals surface area (Å²) in [4.78, 5) is 25.1. The highest BCUT2D eigenvalue weighted by atomic mass is 79.9. The van der Waals surface area contributed by atoms with E-state index in [1.807, 2.05) is 0 Å². The fourth-order valence-electron chi connectivity index (χ4n) is 1.89. The maximum atomic E-state index is 11.9. The molecular formula is C12H13BrN2O2. The van der Waals surface area contributed by atoms with E-state index in [9.17, 15) is 9.59 Å². The number of hydrogen-bond donors (Lipinski definition) is 1. The third-order valence-corrected chi connectivity index (χ3v) is 3.38. The van der Waals surface area contributed by atoms with Crippen LogP contribution in [0.3, 0.4) is 0 Å². The molecule has 0 spiro atoms. The molecule has 17 heavy (non-hydrogen) atoms. The van der Waals surface area contributed by atoms with Crippen LogP contribution in [0.25, 0.3) is 0 Å². The van der Waals surface area contributed by atoms with E-state index in [-0.39, 0.29) is 11.8 Å². The van der Waals surface area contributed by atoms with Crippen LogP contribution in [0.5, 0.6) is 0 Å². The van der Waals surface area contributed by atoms with Crippen molar-refractivity contribution in [3.63, 3.8) is 0 Å². The summed E-state index contributed by atoms with van der Waals surface area (Å²) in [7, 11) is 0. The Bertz CT molecular complexity index is 456. The molecule has 4 nitrogen and oxygen atoms in total. The van der Waals surface area contributed by atoms with Crippen molar-refractivity contribution < 1.29 is 9.59 Å². The summed E-state index contributed by atoms with van der Waals surface area (Å²) in [6, 6.07) is 5.08. The number of hydrogen-bond acceptors (Lipinski definition) is 3. The van der Waals surface area contributed by atoms with Gasteiger partial charge in [-0.05, 0) is 47.0 Å². The Hall–Kier alpha value is -1.36. The second-order valence-electron chi connectivity index (χ2n) is 4.04. The van der Waals surface area contributed by atoms with E-state index in [0.717, 1.165) is 12.8 Å². The van der Waals surface area contributed by atoms with Crippen LogP contribution in [0.15, 0.2) is 22.7 Å². The van der Waals surface area contributed by atoms with Crippen molar-refractivity contribution in [1.82, 2.24) is 0 Å². The lowest BCUT2D eigenvalue weighted by Crippen LogP contribution is -2.35. The quantitative estimate of drug-likeness (QED) is 0.639. The number of nitrogen functional groups attached to an aromatic ring is 1. The van der Waals surface area contributed by atoms with Crippen LogP contribution in [0, 0.1) is 0 Å². The molecular weight excluding hydrogens is 284 g/mol. The molecule has 0 saturated carbocycles. The number of benzene rings is 1. The van der Waals surface area contributed by atoms with Gasteiger partial charge in [-0.25, -0.2) is 4.90 Å². The SMILES string of the molecule is Nc1ccc(N2C(=O)CCCCC2=O)c(Br)c1. The van der Waals surface area contributed by atoms with Gasteiger partial charge < -0.3 is 5.73 Å². The minimum absolute atomic E-state index is 0.141. The van der Waals surface area contributed by atoms with Crippen molar-refractivity contribution in [2.75, 3.05) is 10.6 Å². The first-order valence-corrected chi connectivity index (χ1v) is 6.29. The van der Waals surface area contributed by atoms with E-state index >= 15 is 0 Å². The van der Waals surface area contributed by atoms with Gasteiger partial charge in [0.1, 0.15) is 0 Å². The average molecular weight is 297 g/mol. The van der Waals surface area contributed by atoms with Gasteiger partial charge in [-0.2, -0.15) is 0 Å². The largest absolute Gasteiger partial charge is 0.399 e. The van der Waals surface area contributed by atoms with Gasteiger partial charge in [0.25, 0.3) is 0 Å². The second kappa shape index (κ2) is 4.87. The Kier molecular flexibility index (Phi) is 3.47. The highest BCUT2D eigenvalue weighted by Crippen LogP contribution is 2.30. The normalized spacial score (nSPS) is 17.1. The fourth-order valence-corrected chi connectivity index (χ4v) is 2.46. The van der Waals surface area contributed by atoms with Crippen LogP contribution >= 0.6 is 15.9 Å². The number of carbonyl (C=O) groups is 2. The van der Waals surface area contributed by atoms with Crippen LogP contribution in [0.4, 0.5) is 11.4 Å². The number of halogens is 1. The van der Waals surface area contributed by atoms with E-state index in [4.69, 9.17) is 5.73 Å². The van der Waals surface area contributed by atoms with Gasteiger partial charge in [-0.1, -0.05) is 0 Å². The molecule has 1 aromatic carbocycles. The summed E-state index contributed by atoms with van der Waals surface area (Å²) in [6.45, 7) is 0. The molecule has 5 heteroatoms. The predicted molar refractivity (Wildman–Crippen MR) is 69.5 cm³/mol. The molecule has 1 fully saturated rings. The van der Waals surface area contributed by atoms with Crippen molar-refractivity contribution in [2.24, 2.45) is 0 Å². The predicted octanol–water partition coefficient (Wildman–Crippen LogP) is 2.46. The first-order chi connectivity index (χ1) is 8.09. The van der Waals surface area contributed by atoms with Crippen LogP contribution in [0.1, 0.15) is 25.7 Å². The summed E-state index contributed by atoms with van der Waals surface area (Å²) >= 11 is 3.34. The monoisotopic (exact) mass is 296 g/mol. The Morgan fingerprint density at radius 3 is 2.24 bits per heavy atom. The molecule has 0 aliphatic carbocycles. The summed E-state index contributed by atoms with van der Waals surface area (Å²) in [5, 5.41) is 0. The van der Waals surface area contributed by atoms with Gasteiger partial charge in [0, 0.05) is 23.0 Å². The van der Waals surface area contributed by atoms with E-state index in [2.05, 4.69) is 15.9 Å². The number of imide groups is 1. The third kappa shape index (κ3) is 2.49. The number of rotatable bonds is 1. The number of anilines is 2. The Labute approximate surface area is 108 Å². The lowest BCUT2D eigenvalue weighted by molar-refractivity contribution is -0.125. The summed E-state index contributed by atoms with van der Waals surface area (Å²) in [5.74, 6) is -0.282. The Balaban J connectivity index is 2.41. The van der Waals surface area contributed by atoms with E-state index in [0.29, 0.717) is 28.7 Å². The molecule has 1 heterocycles. The van der Waals surface area contributed by atoms with Gasteiger partial charge in [-0.3, -0.25) is 9.59 Å². The van der Waals surface area contributed by atoms with E-state index < -0.39 is 0 Å². The molecule has 0 atom stereocenters. The minimum atomic E-state index is -0.141. The van der Waals surface area contributed by atoms with Crippen molar-refractivity contribution in [1.29, 1.82) is 0 Å². The van der Waals surface area contributed by atoms with Gasteiger partial charge in [0.15, 0.2) is 0 Å². The molecule has 2 N–H and O–H groups in total. The summed E-state index contributed by atoms with van der Waals surface area (Å²) in [6.07, 6.45) is 2.38. The van der Waals surface area contributed by atoms with Crippen molar-refractivity contribution in [3.8, 4) is 0 Å². The number of nitrogens with zero attached hydrogens (tertiary/aromatic N) is 1. The maximum absolute atomic E-state index is 11.9. The summed E-state index contributed by atoms with van der Waals surface area (Å²) < 4.78 is 0.668. The zero-order valence-electron chi connectivity index (χ0n) is 9.28. The van der Waals surface area contributed by atoms with Crippen LogP contribution in [-0.2, 0) is 9.59 Å². The molecule has 1 aromatic rings. The van der Waals surface area contributed by atoms with Crippen LogP contribution in [0.2, 0.25) is 0 Å². The van der Waals surface area contributed by atoms with E-state index in [1.54, 1.807) is 18.2 Å². The van der Waals surface area contributed by atoms with Gasteiger partial charge in [-0.15, -0.1) is 0 Å². The standard InChI is InChI=1S/C12H13BrN2O2/c13-9-7-8(14)5-6-10(9)15-11(16)3-1-2-4-12(15)17/h5-7H,1-4,14H2. The molecule has 0 bridgehead atoms. The fraction of sp³-hybridized carbons (Fsp3) is 0.333. The molecule has 2 rings (SSSR count). The van der Waals surface area contributed by atoms with Crippen molar-refractivity contribution in [3.05, 3.63) is 22.7 Å². The molecule has 90 valence electrons. The molecule has 2 amide bonds. The molecule has 0 unspecified atom stereocenters. The molecule has 1 aliphatic rings. The van der Waals surface area contributed by atoms with Crippen LogP contribution in [-0.4, -0.2) is 11.8 Å². The zero-order chi connectivity index (χ0) is 12.4. The molecule has 1 aliphatic heterocycles. The lowest BCUT2D eigenvalue weighted by Gasteiger charge is -2.20. The minimum Gasteiger partial charge on any atom is -0.399 e. The second-order valence-corrected chi connectivity index (χ2v) is 4.90. The summed E-state index contributed by atoms with van der Waals surface area (Å²) in [5.41, 5.74) is 6.81. The molecule has 1 saturated heterocycles. The first-order valence-electron chi connectivity index (χ1n) is 5.50. The lowest BCUT2D eigenvalue weighted by atomic mass is 10.2. The van der Waals surface area contributed by atoms with Gasteiger partial charge >= 0.3 is 0 Å². The number of amides is 2. The average Bonchev–Trinajstić information content (AvgIpc) is 2.42. The van der Waals surface area contributed by atoms with Crippen molar-refractivity contribution in [2.45, 2.75) is 25.7 Å². The van der Waals surface area contributed by atoms with E-state index in [1.165, 1.54) is 4.90 Å². The third-order valence-electron chi connectivity index (χ3n) is 2.74. The van der Waals surface area contributed by atoms with Crippen LogP contribution < -0.4 is 10.6 Å².